The zero-order valence-electron chi connectivity index (χ0n) is 9.77. The van der Waals surface area contributed by atoms with E-state index in [1.165, 1.54) is 32.1 Å². The maximum Gasteiger partial charge on any atom is 0.0700 e. The highest BCUT2D eigenvalue weighted by Crippen LogP contribution is 2.42. The third-order valence-corrected chi connectivity index (χ3v) is 3.94. The Kier molecular flexibility index (Phi) is 6.62. The van der Waals surface area contributed by atoms with Crippen LogP contribution in [-0.2, 0) is 9.47 Å². The molecule has 90 valence electrons. The Labute approximate surface area is 98.3 Å². The van der Waals surface area contributed by atoms with Crippen molar-refractivity contribution >= 4 is 11.6 Å². The van der Waals surface area contributed by atoms with Crippen LogP contribution >= 0.6 is 11.6 Å². The van der Waals surface area contributed by atoms with E-state index in [-0.39, 0.29) is 0 Å². The molecule has 0 amide bonds. The summed E-state index contributed by atoms with van der Waals surface area (Å²) in [5.41, 5.74) is 0.437. The predicted molar refractivity (Wildman–Crippen MR) is 63.6 cm³/mol. The van der Waals surface area contributed by atoms with Gasteiger partial charge in [0.1, 0.15) is 0 Å². The van der Waals surface area contributed by atoms with Gasteiger partial charge in [0.2, 0.25) is 0 Å². The van der Waals surface area contributed by atoms with Crippen molar-refractivity contribution in [2.75, 3.05) is 32.8 Å². The zero-order chi connectivity index (χ0) is 11.0. The summed E-state index contributed by atoms with van der Waals surface area (Å²) in [5.74, 6) is 0.824. The van der Waals surface area contributed by atoms with Crippen LogP contribution in [0.25, 0.3) is 0 Å². The minimum absolute atomic E-state index is 0.437. The molecular formula is C12H23ClO2. The maximum atomic E-state index is 6.07. The highest BCUT2D eigenvalue weighted by Gasteiger charge is 2.32. The van der Waals surface area contributed by atoms with Crippen LogP contribution in [0.3, 0.4) is 0 Å². The molecule has 0 bridgehead atoms. The van der Waals surface area contributed by atoms with E-state index in [0.717, 1.165) is 18.9 Å². The fourth-order valence-corrected chi connectivity index (χ4v) is 2.77. The van der Waals surface area contributed by atoms with Crippen LogP contribution in [0.15, 0.2) is 0 Å². The minimum atomic E-state index is 0.437. The van der Waals surface area contributed by atoms with Crippen LogP contribution in [0.4, 0.5) is 0 Å². The number of ether oxygens (including phenoxy) is 2. The van der Waals surface area contributed by atoms with Crippen LogP contribution in [0, 0.1) is 5.41 Å². The van der Waals surface area contributed by atoms with Gasteiger partial charge in [-0.05, 0) is 31.1 Å². The topological polar surface area (TPSA) is 18.5 Å². The molecular weight excluding hydrogens is 212 g/mol. The van der Waals surface area contributed by atoms with Gasteiger partial charge in [0.05, 0.1) is 13.2 Å². The second-order valence-electron chi connectivity index (χ2n) is 4.55. The van der Waals surface area contributed by atoms with Crippen LogP contribution in [-0.4, -0.2) is 32.8 Å². The monoisotopic (exact) mass is 234 g/mol. The van der Waals surface area contributed by atoms with Gasteiger partial charge in [-0.2, -0.15) is 0 Å². The first kappa shape index (κ1) is 13.3. The third kappa shape index (κ3) is 4.71. The molecule has 0 spiro atoms. The lowest BCUT2D eigenvalue weighted by Crippen LogP contribution is -2.19. The predicted octanol–water partition coefficient (Wildman–Crippen LogP) is 3.23. The minimum Gasteiger partial charge on any atom is -0.382 e. The number of rotatable bonds is 8. The van der Waals surface area contributed by atoms with E-state index >= 15 is 0 Å². The Balaban J connectivity index is 2.02. The highest BCUT2D eigenvalue weighted by molar-refractivity contribution is 6.18. The summed E-state index contributed by atoms with van der Waals surface area (Å²) in [4.78, 5) is 0. The largest absolute Gasteiger partial charge is 0.382 e. The molecule has 1 saturated carbocycles. The van der Waals surface area contributed by atoms with Gasteiger partial charge in [0.15, 0.2) is 0 Å². The van der Waals surface area contributed by atoms with Gasteiger partial charge in [-0.1, -0.05) is 12.8 Å². The molecule has 0 unspecified atom stereocenters. The Morgan fingerprint density at radius 1 is 1.13 bits per heavy atom. The Morgan fingerprint density at radius 2 is 1.87 bits per heavy atom. The molecule has 0 atom stereocenters. The van der Waals surface area contributed by atoms with Crippen molar-refractivity contribution in [2.24, 2.45) is 5.41 Å². The number of hydrogen-bond donors (Lipinski definition) is 0. The zero-order valence-corrected chi connectivity index (χ0v) is 10.5. The lowest BCUT2D eigenvalue weighted by atomic mass is 9.84. The lowest BCUT2D eigenvalue weighted by Gasteiger charge is -2.25. The number of halogens is 1. The van der Waals surface area contributed by atoms with Crippen LogP contribution in [0.1, 0.15) is 38.5 Å². The first-order valence-electron chi connectivity index (χ1n) is 5.96. The van der Waals surface area contributed by atoms with E-state index in [9.17, 15) is 0 Å². The summed E-state index contributed by atoms with van der Waals surface area (Å²) in [7, 11) is 1.70. The van der Waals surface area contributed by atoms with Crippen molar-refractivity contribution in [1.82, 2.24) is 0 Å². The number of hydrogen-bond acceptors (Lipinski definition) is 2. The molecule has 1 aliphatic rings. The molecule has 0 radical (unpaired) electrons. The summed E-state index contributed by atoms with van der Waals surface area (Å²) >= 11 is 6.07. The molecule has 1 aliphatic carbocycles. The normalized spacial score (nSPS) is 19.6. The summed E-state index contributed by atoms with van der Waals surface area (Å²) in [6.07, 6.45) is 7.71. The van der Waals surface area contributed by atoms with E-state index in [2.05, 4.69) is 0 Å². The van der Waals surface area contributed by atoms with E-state index < -0.39 is 0 Å². The second-order valence-corrected chi connectivity index (χ2v) is 4.82. The Morgan fingerprint density at radius 3 is 2.47 bits per heavy atom. The van der Waals surface area contributed by atoms with Crippen molar-refractivity contribution in [3.63, 3.8) is 0 Å². The third-order valence-electron chi connectivity index (χ3n) is 3.38. The van der Waals surface area contributed by atoms with Gasteiger partial charge >= 0.3 is 0 Å². The number of methoxy groups -OCH3 is 1. The fraction of sp³-hybridized carbons (Fsp3) is 1.00. The molecule has 0 saturated heterocycles. The molecule has 0 heterocycles. The van der Waals surface area contributed by atoms with Gasteiger partial charge in [-0.25, -0.2) is 0 Å². The van der Waals surface area contributed by atoms with Crippen molar-refractivity contribution < 1.29 is 9.47 Å². The SMILES string of the molecule is COCCOCCCC1(CCl)CCCC1. The summed E-state index contributed by atoms with van der Waals surface area (Å²) in [5, 5.41) is 0. The van der Waals surface area contributed by atoms with Crippen LogP contribution in [0.5, 0.6) is 0 Å². The number of alkyl halides is 1. The summed E-state index contributed by atoms with van der Waals surface area (Å²) in [6.45, 7) is 2.26. The molecule has 0 aromatic carbocycles. The van der Waals surface area contributed by atoms with Gasteiger partial charge in [-0.15, -0.1) is 11.6 Å². The fourth-order valence-electron chi connectivity index (χ4n) is 2.37. The van der Waals surface area contributed by atoms with Gasteiger partial charge < -0.3 is 9.47 Å². The molecule has 2 nitrogen and oxygen atoms in total. The van der Waals surface area contributed by atoms with Gasteiger partial charge in [-0.3, -0.25) is 0 Å². The van der Waals surface area contributed by atoms with Gasteiger partial charge in [0, 0.05) is 19.6 Å². The standard InChI is InChI=1S/C12H23ClO2/c1-14-9-10-15-8-4-7-12(11-13)5-2-3-6-12/h2-11H2,1H3. The van der Waals surface area contributed by atoms with Crippen LogP contribution < -0.4 is 0 Å². The molecule has 3 heteroatoms. The molecule has 0 N–H and O–H groups in total. The Hall–Kier alpha value is 0.210. The second kappa shape index (κ2) is 7.48. The molecule has 15 heavy (non-hydrogen) atoms. The first-order valence-corrected chi connectivity index (χ1v) is 6.49. The summed E-state index contributed by atoms with van der Waals surface area (Å²) in [6, 6.07) is 0. The van der Waals surface area contributed by atoms with E-state index in [1.54, 1.807) is 7.11 Å². The van der Waals surface area contributed by atoms with E-state index in [4.69, 9.17) is 21.1 Å². The highest BCUT2D eigenvalue weighted by atomic mass is 35.5. The molecule has 0 aliphatic heterocycles. The van der Waals surface area contributed by atoms with Crippen LogP contribution in [0.2, 0.25) is 0 Å². The van der Waals surface area contributed by atoms with Gasteiger partial charge in [0.25, 0.3) is 0 Å². The quantitative estimate of drug-likeness (QED) is 0.474. The first-order chi connectivity index (χ1) is 7.33. The van der Waals surface area contributed by atoms with Crippen molar-refractivity contribution in [3.05, 3.63) is 0 Å². The average molecular weight is 235 g/mol. The average Bonchev–Trinajstić information content (AvgIpc) is 2.73. The summed E-state index contributed by atoms with van der Waals surface area (Å²) < 4.78 is 10.4. The molecule has 1 fully saturated rings. The van der Waals surface area contributed by atoms with Crippen molar-refractivity contribution in [1.29, 1.82) is 0 Å². The smallest absolute Gasteiger partial charge is 0.0700 e. The van der Waals surface area contributed by atoms with Crippen molar-refractivity contribution in [2.45, 2.75) is 38.5 Å². The van der Waals surface area contributed by atoms with E-state index in [1.807, 2.05) is 0 Å². The molecule has 1 rings (SSSR count). The molecule has 0 aromatic heterocycles. The Bertz CT molecular complexity index is 156. The van der Waals surface area contributed by atoms with E-state index in [0.29, 0.717) is 18.6 Å². The molecule has 0 aromatic rings. The maximum absolute atomic E-state index is 6.07. The van der Waals surface area contributed by atoms with Crippen molar-refractivity contribution in [3.8, 4) is 0 Å². The lowest BCUT2D eigenvalue weighted by molar-refractivity contribution is 0.0645.